The van der Waals surface area contributed by atoms with E-state index >= 15 is 0 Å². The van der Waals surface area contributed by atoms with Crippen molar-refractivity contribution in [1.29, 1.82) is 0 Å². The molecule has 21 heavy (non-hydrogen) atoms. The number of nitrogens with one attached hydrogen (secondary N) is 2. The quantitative estimate of drug-likeness (QED) is 0.852. The summed E-state index contributed by atoms with van der Waals surface area (Å²) in [5, 5.41) is 10.6. The summed E-state index contributed by atoms with van der Waals surface area (Å²) in [6, 6.07) is 11.8. The van der Waals surface area contributed by atoms with Gasteiger partial charge in [-0.25, -0.2) is 4.68 Å². The zero-order chi connectivity index (χ0) is 15.2. The first-order valence-corrected chi connectivity index (χ1v) is 7.20. The van der Waals surface area contributed by atoms with E-state index in [2.05, 4.69) is 15.7 Å². The molecule has 0 aliphatic carbocycles. The van der Waals surface area contributed by atoms with Gasteiger partial charge in [-0.3, -0.25) is 4.79 Å². The predicted molar refractivity (Wildman–Crippen MR) is 83.1 cm³/mol. The highest BCUT2D eigenvalue weighted by atomic mass is 16.2. The van der Waals surface area contributed by atoms with Crippen LogP contribution in [0.3, 0.4) is 0 Å². The van der Waals surface area contributed by atoms with E-state index in [-0.39, 0.29) is 18.0 Å². The zero-order valence-electron chi connectivity index (χ0n) is 12.7. The number of hydrogen-bond donors (Lipinski definition) is 2. The molecule has 112 valence electrons. The molecular formula is C16H22N4O. The maximum Gasteiger partial charge on any atom is 0.237 e. The second-order valence-electron chi connectivity index (χ2n) is 5.35. The van der Waals surface area contributed by atoms with Crippen LogP contribution in [-0.4, -0.2) is 27.8 Å². The van der Waals surface area contributed by atoms with Crippen molar-refractivity contribution in [3.05, 3.63) is 48.3 Å². The molecule has 0 saturated carbocycles. The lowest BCUT2D eigenvalue weighted by atomic mass is 10.2. The topological polar surface area (TPSA) is 59.0 Å². The van der Waals surface area contributed by atoms with E-state index < -0.39 is 0 Å². The summed E-state index contributed by atoms with van der Waals surface area (Å²) in [6.07, 6.45) is 1.92. The Morgan fingerprint density at radius 2 is 1.90 bits per heavy atom. The summed E-state index contributed by atoms with van der Waals surface area (Å²) in [4.78, 5) is 11.8. The predicted octanol–water partition coefficient (Wildman–Crippen LogP) is 1.87. The van der Waals surface area contributed by atoms with Gasteiger partial charge in [-0.1, -0.05) is 18.2 Å². The summed E-state index contributed by atoms with van der Waals surface area (Å²) >= 11 is 0. The first-order chi connectivity index (χ1) is 10.1. The molecule has 0 aliphatic rings. The molecule has 0 spiro atoms. The molecule has 1 amide bonds. The summed E-state index contributed by atoms with van der Waals surface area (Å²) in [6.45, 7) is 6.32. The Bertz CT molecular complexity index is 577. The van der Waals surface area contributed by atoms with Gasteiger partial charge < -0.3 is 10.6 Å². The number of carbonyl (C=O) groups is 1. The number of aromatic nitrogens is 2. The van der Waals surface area contributed by atoms with Gasteiger partial charge in [0.15, 0.2) is 0 Å². The van der Waals surface area contributed by atoms with Crippen molar-refractivity contribution < 1.29 is 4.79 Å². The minimum atomic E-state index is -0.241. The monoisotopic (exact) mass is 286 g/mol. The number of para-hydroxylation sites is 1. The summed E-state index contributed by atoms with van der Waals surface area (Å²) in [7, 11) is 0. The summed E-state index contributed by atoms with van der Waals surface area (Å²) in [5.74, 6) is 0.00694. The van der Waals surface area contributed by atoms with Crippen molar-refractivity contribution in [2.45, 2.75) is 39.4 Å². The fraction of sp³-hybridized carbons (Fsp3) is 0.375. The fourth-order valence-electron chi connectivity index (χ4n) is 1.94. The number of hydrogen-bond acceptors (Lipinski definition) is 3. The van der Waals surface area contributed by atoms with Crippen LogP contribution < -0.4 is 10.6 Å². The maximum atomic E-state index is 11.8. The number of nitrogens with zero attached hydrogens (tertiary/aromatic N) is 2. The molecule has 0 radical (unpaired) electrons. The molecule has 2 aromatic rings. The third-order valence-electron chi connectivity index (χ3n) is 3.08. The molecule has 0 saturated heterocycles. The van der Waals surface area contributed by atoms with E-state index in [4.69, 9.17) is 0 Å². The van der Waals surface area contributed by atoms with Gasteiger partial charge in [-0.15, -0.1) is 0 Å². The highest BCUT2D eigenvalue weighted by Crippen LogP contribution is 2.06. The van der Waals surface area contributed by atoms with Gasteiger partial charge >= 0.3 is 0 Å². The minimum absolute atomic E-state index is 0.00694. The lowest BCUT2D eigenvalue weighted by molar-refractivity contribution is -0.123. The molecule has 2 rings (SSSR count). The number of rotatable bonds is 6. The van der Waals surface area contributed by atoms with Gasteiger partial charge in [0.25, 0.3) is 0 Å². The van der Waals surface area contributed by atoms with Crippen molar-refractivity contribution in [1.82, 2.24) is 20.4 Å². The van der Waals surface area contributed by atoms with E-state index in [0.29, 0.717) is 6.54 Å². The second kappa shape index (κ2) is 7.04. The molecule has 0 aliphatic heterocycles. The molecule has 1 aromatic heterocycles. The summed E-state index contributed by atoms with van der Waals surface area (Å²) in [5.41, 5.74) is 1.93. The normalized spacial score (nSPS) is 12.4. The van der Waals surface area contributed by atoms with Crippen LogP contribution in [0.1, 0.15) is 26.5 Å². The molecule has 2 N–H and O–H groups in total. The molecule has 1 unspecified atom stereocenters. The van der Waals surface area contributed by atoms with Crippen LogP contribution in [0.2, 0.25) is 0 Å². The molecule has 1 aromatic carbocycles. The lowest BCUT2D eigenvalue weighted by Crippen LogP contribution is -2.44. The fourth-order valence-corrected chi connectivity index (χ4v) is 1.94. The van der Waals surface area contributed by atoms with Crippen molar-refractivity contribution in [3.8, 4) is 5.69 Å². The Morgan fingerprint density at radius 3 is 2.57 bits per heavy atom. The Labute approximate surface area is 125 Å². The third-order valence-corrected chi connectivity index (χ3v) is 3.08. The Balaban J connectivity index is 1.90. The molecular weight excluding hydrogens is 264 g/mol. The zero-order valence-corrected chi connectivity index (χ0v) is 12.7. The van der Waals surface area contributed by atoms with Crippen molar-refractivity contribution in [3.63, 3.8) is 0 Å². The molecule has 0 bridgehead atoms. The van der Waals surface area contributed by atoms with Gasteiger partial charge in [-0.05, 0) is 39.0 Å². The van der Waals surface area contributed by atoms with Gasteiger partial charge in [0.05, 0.1) is 17.4 Å². The second-order valence-corrected chi connectivity index (χ2v) is 5.35. The van der Waals surface area contributed by atoms with E-state index in [1.54, 1.807) is 0 Å². The number of benzene rings is 1. The maximum absolute atomic E-state index is 11.8. The molecule has 1 atom stereocenters. The molecule has 5 heteroatoms. The molecule has 5 nitrogen and oxygen atoms in total. The van der Waals surface area contributed by atoms with E-state index in [0.717, 1.165) is 11.4 Å². The van der Waals surface area contributed by atoms with E-state index in [9.17, 15) is 4.79 Å². The Hall–Kier alpha value is -2.14. The van der Waals surface area contributed by atoms with Crippen LogP contribution in [0.4, 0.5) is 0 Å². The average Bonchev–Trinajstić information content (AvgIpc) is 2.94. The minimum Gasteiger partial charge on any atom is -0.353 e. The standard InChI is InChI=1S/C16H22N4O/c1-12(2)18-16(21)13(3)17-11-14-9-10-20(19-14)15-7-5-4-6-8-15/h4-10,12-13,17H,11H2,1-3H3,(H,18,21). The van der Waals surface area contributed by atoms with Gasteiger partial charge in [-0.2, -0.15) is 5.10 Å². The molecule has 1 heterocycles. The largest absolute Gasteiger partial charge is 0.353 e. The first kappa shape index (κ1) is 15.3. The van der Waals surface area contributed by atoms with Crippen molar-refractivity contribution >= 4 is 5.91 Å². The number of carbonyl (C=O) groups excluding carboxylic acids is 1. The molecule has 0 fully saturated rings. The van der Waals surface area contributed by atoms with Crippen LogP contribution in [0.25, 0.3) is 5.69 Å². The third kappa shape index (κ3) is 4.43. The van der Waals surface area contributed by atoms with Crippen LogP contribution in [0.15, 0.2) is 42.6 Å². The van der Waals surface area contributed by atoms with Crippen LogP contribution >= 0.6 is 0 Å². The van der Waals surface area contributed by atoms with Gasteiger partial charge in [0.2, 0.25) is 5.91 Å². The Kier molecular flexibility index (Phi) is 5.11. The van der Waals surface area contributed by atoms with E-state index in [1.165, 1.54) is 0 Å². The van der Waals surface area contributed by atoms with Gasteiger partial charge in [0, 0.05) is 18.8 Å². The van der Waals surface area contributed by atoms with Crippen LogP contribution in [0.5, 0.6) is 0 Å². The smallest absolute Gasteiger partial charge is 0.237 e. The first-order valence-electron chi connectivity index (χ1n) is 7.20. The lowest BCUT2D eigenvalue weighted by Gasteiger charge is -2.15. The van der Waals surface area contributed by atoms with Gasteiger partial charge in [0.1, 0.15) is 0 Å². The van der Waals surface area contributed by atoms with Crippen molar-refractivity contribution in [2.24, 2.45) is 0 Å². The number of amides is 1. The highest BCUT2D eigenvalue weighted by molar-refractivity contribution is 5.81. The van der Waals surface area contributed by atoms with E-state index in [1.807, 2.05) is 68.0 Å². The van der Waals surface area contributed by atoms with Crippen LogP contribution in [-0.2, 0) is 11.3 Å². The average molecular weight is 286 g/mol. The van der Waals surface area contributed by atoms with Crippen molar-refractivity contribution in [2.75, 3.05) is 0 Å². The highest BCUT2D eigenvalue weighted by Gasteiger charge is 2.13. The van der Waals surface area contributed by atoms with Crippen LogP contribution in [0, 0.1) is 0 Å². The Morgan fingerprint density at radius 1 is 1.19 bits per heavy atom. The summed E-state index contributed by atoms with van der Waals surface area (Å²) < 4.78 is 1.83. The SMILES string of the molecule is CC(C)NC(=O)C(C)NCc1ccn(-c2ccccc2)n1.